The number of carbonyl (C=O) groups is 3. The predicted octanol–water partition coefficient (Wildman–Crippen LogP) is 3.20. The van der Waals surface area contributed by atoms with Crippen LogP contribution in [-0.2, 0) is 9.47 Å². The monoisotopic (exact) mass is 414 g/mol. The molecule has 2 heterocycles. The molecule has 0 aliphatic carbocycles. The van der Waals surface area contributed by atoms with E-state index < -0.39 is 23.6 Å². The van der Waals surface area contributed by atoms with Crippen molar-refractivity contribution in [2.45, 2.75) is 26.9 Å². The number of nitrogens with one attached hydrogen (secondary N) is 1. The van der Waals surface area contributed by atoms with Crippen molar-refractivity contribution in [3.8, 4) is 0 Å². The zero-order valence-electron chi connectivity index (χ0n) is 16.0. The molecule has 0 unspecified atom stereocenters. The smallest absolute Gasteiger partial charge is 0.348 e. The van der Waals surface area contributed by atoms with Crippen LogP contribution in [0, 0.1) is 6.92 Å². The van der Waals surface area contributed by atoms with E-state index in [4.69, 9.17) is 9.47 Å². The standard InChI is InChI=1S/C20H18N2O6S/c1-4-27-20(26)15-10(2)14-17(24)21-16(22-18(14)29-15)11(3)28-19(25)13-7-5-12(9-23)6-8-13/h5-9,11H,4H2,1-3H3,(H,21,22,24)/t11-/m1/s1. The summed E-state index contributed by atoms with van der Waals surface area (Å²) in [5.74, 6) is -0.962. The molecule has 0 amide bonds. The second-order valence-electron chi connectivity index (χ2n) is 6.20. The van der Waals surface area contributed by atoms with Gasteiger partial charge in [0.05, 0.1) is 17.6 Å². The van der Waals surface area contributed by atoms with Gasteiger partial charge in [-0.25, -0.2) is 14.6 Å². The number of thiophene rings is 1. The highest BCUT2D eigenvalue weighted by Gasteiger charge is 2.22. The topological polar surface area (TPSA) is 115 Å². The molecule has 0 saturated carbocycles. The number of carbonyl (C=O) groups excluding carboxylic acids is 3. The number of aldehydes is 1. The number of aromatic amines is 1. The van der Waals surface area contributed by atoms with E-state index in [9.17, 15) is 19.2 Å². The number of H-pyrrole nitrogens is 1. The Balaban J connectivity index is 1.88. The molecule has 0 saturated heterocycles. The van der Waals surface area contributed by atoms with Crippen LogP contribution < -0.4 is 5.56 Å². The predicted molar refractivity (Wildman–Crippen MR) is 107 cm³/mol. The number of hydrogen-bond acceptors (Lipinski definition) is 8. The summed E-state index contributed by atoms with van der Waals surface area (Å²) in [6.07, 6.45) is -0.159. The van der Waals surface area contributed by atoms with E-state index in [1.54, 1.807) is 20.8 Å². The molecular weight excluding hydrogens is 396 g/mol. The van der Waals surface area contributed by atoms with Gasteiger partial charge in [0.1, 0.15) is 16.0 Å². The van der Waals surface area contributed by atoms with Crippen molar-refractivity contribution >= 4 is 39.8 Å². The summed E-state index contributed by atoms with van der Waals surface area (Å²) >= 11 is 1.06. The lowest BCUT2D eigenvalue weighted by Gasteiger charge is -2.12. The molecule has 0 radical (unpaired) electrons. The van der Waals surface area contributed by atoms with E-state index in [0.29, 0.717) is 32.5 Å². The lowest BCUT2D eigenvalue weighted by atomic mass is 10.1. The number of aromatic nitrogens is 2. The van der Waals surface area contributed by atoms with Crippen LogP contribution in [0.4, 0.5) is 0 Å². The van der Waals surface area contributed by atoms with Gasteiger partial charge in [0, 0.05) is 5.56 Å². The van der Waals surface area contributed by atoms with E-state index in [2.05, 4.69) is 9.97 Å². The number of fused-ring (bicyclic) bond motifs is 1. The largest absolute Gasteiger partial charge is 0.462 e. The van der Waals surface area contributed by atoms with Gasteiger partial charge in [-0.15, -0.1) is 11.3 Å². The van der Waals surface area contributed by atoms with Crippen LogP contribution in [0.2, 0.25) is 0 Å². The number of ether oxygens (including phenoxy) is 2. The Morgan fingerprint density at radius 3 is 2.55 bits per heavy atom. The van der Waals surface area contributed by atoms with Crippen molar-refractivity contribution in [1.29, 1.82) is 0 Å². The zero-order chi connectivity index (χ0) is 21.1. The third kappa shape index (κ3) is 4.09. The minimum Gasteiger partial charge on any atom is -0.462 e. The first-order valence-corrected chi connectivity index (χ1v) is 9.64. The summed E-state index contributed by atoms with van der Waals surface area (Å²) in [4.78, 5) is 55.3. The molecular formula is C20H18N2O6S. The average molecular weight is 414 g/mol. The van der Waals surface area contributed by atoms with Crippen molar-refractivity contribution in [2.24, 2.45) is 0 Å². The maximum atomic E-state index is 12.5. The summed E-state index contributed by atoms with van der Waals surface area (Å²) in [5.41, 5.74) is 0.787. The second kappa shape index (κ2) is 8.36. The fraction of sp³-hybridized carbons (Fsp3) is 0.250. The molecule has 1 N–H and O–H groups in total. The number of aryl methyl sites for hydroxylation is 1. The Labute approximate surface area is 169 Å². The molecule has 9 heteroatoms. The van der Waals surface area contributed by atoms with Gasteiger partial charge in [0.15, 0.2) is 11.9 Å². The summed E-state index contributed by atoms with van der Waals surface area (Å²) in [6, 6.07) is 5.97. The Morgan fingerprint density at radius 1 is 1.24 bits per heavy atom. The van der Waals surface area contributed by atoms with Gasteiger partial charge in [0.25, 0.3) is 5.56 Å². The summed E-state index contributed by atoms with van der Waals surface area (Å²) < 4.78 is 10.4. The minimum absolute atomic E-state index is 0.164. The molecule has 1 aromatic carbocycles. The van der Waals surface area contributed by atoms with E-state index in [1.165, 1.54) is 24.3 Å². The lowest BCUT2D eigenvalue weighted by molar-refractivity contribution is 0.0319. The van der Waals surface area contributed by atoms with Crippen LogP contribution in [0.5, 0.6) is 0 Å². The van der Waals surface area contributed by atoms with Crippen molar-refractivity contribution in [3.63, 3.8) is 0 Å². The Kier molecular flexibility index (Phi) is 5.88. The molecule has 0 fully saturated rings. The van der Waals surface area contributed by atoms with Crippen LogP contribution in [0.15, 0.2) is 29.1 Å². The highest BCUT2D eigenvalue weighted by atomic mass is 32.1. The maximum Gasteiger partial charge on any atom is 0.348 e. The Bertz CT molecular complexity index is 1150. The van der Waals surface area contributed by atoms with E-state index in [0.717, 1.165) is 11.3 Å². The molecule has 8 nitrogen and oxygen atoms in total. The number of rotatable bonds is 6. The minimum atomic E-state index is -0.834. The van der Waals surface area contributed by atoms with Crippen LogP contribution in [-0.4, -0.2) is 34.8 Å². The quantitative estimate of drug-likeness (QED) is 0.486. The van der Waals surface area contributed by atoms with Crippen LogP contribution in [0.3, 0.4) is 0 Å². The summed E-state index contributed by atoms with van der Waals surface area (Å²) in [7, 11) is 0. The van der Waals surface area contributed by atoms with Crippen molar-refractivity contribution < 1.29 is 23.9 Å². The van der Waals surface area contributed by atoms with E-state index in [-0.39, 0.29) is 18.0 Å². The summed E-state index contributed by atoms with van der Waals surface area (Å²) in [5, 5.41) is 0.310. The Hall–Kier alpha value is -3.33. The first-order valence-electron chi connectivity index (χ1n) is 8.82. The van der Waals surface area contributed by atoms with Crippen molar-refractivity contribution in [3.05, 3.63) is 62.0 Å². The first-order chi connectivity index (χ1) is 13.8. The first kappa shape index (κ1) is 20.4. The van der Waals surface area contributed by atoms with Gasteiger partial charge in [-0.05, 0) is 38.5 Å². The number of hydrogen-bond donors (Lipinski definition) is 1. The zero-order valence-corrected chi connectivity index (χ0v) is 16.8. The van der Waals surface area contributed by atoms with E-state index in [1.807, 2.05) is 0 Å². The molecule has 0 aliphatic heterocycles. The molecule has 3 aromatic rings. The summed E-state index contributed by atoms with van der Waals surface area (Å²) in [6.45, 7) is 5.16. The van der Waals surface area contributed by atoms with Crippen LogP contribution in [0.1, 0.15) is 61.7 Å². The SMILES string of the molecule is CCOC(=O)c1sc2nc([C@@H](C)OC(=O)c3ccc(C=O)cc3)[nH]c(=O)c2c1C. The maximum absolute atomic E-state index is 12.5. The lowest BCUT2D eigenvalue weighted by Crippen LogP contribution is -2.17. The molecule has 3 rings (SSSR count). The molecule has 1 atom stereocenters. The third-order valence-electron chi connectivity index (χ3n) is 4.23. The number of esters is 2. The van der Waals surface area contributed by atoms with Crippen LogP contribution >= 0.6 is 11.3 Å². The highest BCUT2D eigenvalue weighted by Crippen LogP contribution is 2.28. The van der Waals surface area contributed by atoms with Gasteiger partial charge in [-0.2, -0.15) is 0 Å². The Morgan fingerprint density at radius 2 is 1.93 bits per heavy atom. The molecule has 29 heavy (non-hydrogen) atoms. The van der Waals surface area contributed by atoms with Crippen molar-refractivity contribution in [1.82, 2.24) is 9.97 Å². The molecule has 2 aromatic heterocycles. The molecule has 150 valence electrons. The van der Waals surface area contributed by atoms with Gasteiger partial charge >= 0.3 is 11.9 Å². The highest BCUT2D eigenvalue weighted by molar-refractivity contribution is 7.20. The molecule has 0 aliphatic rings. The fourth-order valence-corrected chi connectivity index (χ4v) is 3.81. The van der Waals surface area contributed by atoms with Gasteiger partial charge < -0.3 is 14.5 Å². The molecule has 0 bridgehead atoms. The van der Waals surface area contributed by atoms with Gasteiger partial charge in [-0.1, -0.05) is 12.1 Å². The molecule has 0 spiro atoms. The van der Waals surface area contributed by atoms with E-state index >= 15 is 0 Å². The number of nitrogens with zero attached hydrogens (tertiary/aromatic N) is 1. The van der Waals surface area contributed by atoms with Crippen LogP contribution in [0.25, 0.3) is 10.2 Å². The van der Waals surface area contributed by atoms with Gasteiger partial charge in [0.2, 0.25) is 0 Å². The normalized spacial score (nSPS) is 11.8. The second-order valence-corrected chi connectivity index (χ2v) is 7.19. The van der Waals surface area contributed by atoms with Gasteiger partial charge in [-0.3, -0.25) is 9.59 Å². The fourth-order valence-electron chi connectivity index (χ4n) is 2.73. The third-order valence-corrected chi connectivity index (χ3v) is 5.40. The van der Waals surface area contributed by atoms with Crippen molar-refractivity contribution in [2.75, 3.05) is 6.61 Å². The number of benzene rings is 1. The average Bonchev–Trinajstić information content (AvgIpc) is 3.05.